The first kappa shape index (κ1) is 13.0. The lowest BCUT2D eigenvalue weighted by Gasteiger charge is -2.21. The van der Waals surface area contributed by atoms with E-state index in [1.165, 1.54) is 5.56 Å². The quantitative estimate of drug-likeness (QED) is 0.877. The summed E-state index contributed by atoms with van der Waals surface area (Å²) in [5.74, 6) is -0.776. The lowest BCUT2D eigenvalue weighted by Crippen LogP contribution is -2.32. The molecule has 2 N–H and O–H groups in total. The van der Waals surface area contributed by atoms with E-state index >= 15 is 0 Å². The molecule has 1 unspecified atom stereocenters. The summed E-state index contributed by atoms with van der Waals surface area (Å²) in [6, 6.07) is 8.16. The van der Waals surface area contributed by atoms with Crippen LogP contribution < -0.4 is 5.43 Å². The molecule has 5 heteroatoms. The Morgan fingerprint density at radius 3 is 2.72 bits per heavy atom. The Labute approximate surface area is 110 Å². The van der Waals surface area contributed by atoms with Crippen LogP contribution in [0.25, 0.3) is 0 Å². The van der Waals surface area contributed by atoms with Crippen molar-refractivity contribution in [3.63, 3.8) is 0 Å². The molecule has 0 bridgehead atoms. The molecule has 1 aliphatic rings. The number of thioether (sulfide) groups is 1. The van der Waals surface area contributed by atoms with E-state index in [-0.39, 0.29) is 11.3 Å². The molecule has 1 aromatic rings. The maximum atomic E-state index is 10.6. The second kappa shape index (κ2) is 5.02. The lowest BCUT2D eigenvalue weighted by atomic mass is 10.2. The molecule has 0 aromatic heterocycles. The van der Waals surface area contributed by atoms with Gasteiger partial charge in [0.1, 0.15) is 9.91 Å². The van der Waals surface area contributed by atoms with Gasteiger partial charge in [0.2, 0.25) is 0 Å². The number of aliphatic carboxylic acids is 1. The topological polar surface area (TPSA) is 61.7 Å². The normalized spacial score (nSPS) is 22.4. The van der Waals surface area contributed by atoms with E-state index in [1.54, 1.807) is 11.8 Å². The molecule has 0 aliphatic carbocycles. The van der Waals surface area contributed by atoms with Gasteiger partial charge in [-0.25, -0.2) is 0 Å². The highest BCUT2D eigenvalue weighted by molar-refractivity contribution is 8.15. The molecular formula is C13H16N2O2S. The Kier molecular flexibility index (Phi) is 3.61. The van der Waals surface area contributed by atoms with E-state index in [0.717, 1.165) is 10.6 Å². The van der Waals surface area contributed by atoms with E-state index < -0.39 is 5.97 Å². The third kappa shape index (κ3) is 3.04. The van der Waals surface area contributed by atoms with Crippen molar-refractivity contribution in [1.82, 2.24) is 5.43 Å². The first-order valence-electron chi connectivity index (χ1n) is 5.81. The van der Waals surface area contributed by atoms with Crippen molar-refractivity contribution in [3.8, 4) is 0 Å². The molecule has 1 aromatic carbocycles. The zero-order chi connectivity index (χ0) is 13.2. The molecule has 1 atom stereocenters. The number of nitrogens with zero attached hydrogens (tertiary/aromatic N) is 1. The number of nitrogens with one attached hydrogen (secondary N) is 1. The number of carboxylic acid groups (broad SMARTS) is 1. The van der Waals surface area contributed by atoms with Crippen LogP contribution in [0.5, 0.6) is 0 Å². The molecule has 0 saturated carbocycles. The molecule has 18 heavy (non-hydrogen) atoms. The van der Waals surface area contributed by atoms with Gasteiger partial charge in [-0.15, -0.1) is 0 Å². The summed E-state index contributed by atoms with van der Waals surface area (Å²) >= 11 is 1.59. The first-order chi connectivity index (χ1) is 8.48. The van der Waals surface area contributed by atoms with Crippen molar-refractivity contribution in [3.05, 3.63) is 35.4 Å². The van der Waals surface area contributed by atoms with Crippen LogP contribution in [0.15, 0.2) is 29.4 Å². The SMILES string of the molecule is Cc1ccc(C2=NNC(C)(CCC(=O)O)S2)cc1. The summed E-state index contributed by atoms with van der Waals surface area (Å²) in [4.78, 5) is 10.3. The molecule has 0 spiro atoms. The average molecular weight is 264 g/mol. The molecule has 1 aliphatic heterocycles. The van der Waals surface area contributed by atoms with Gasteiger partial charge in [-0.2, -0.15) is 5.10 Å². The van der Waals surface area contributed by atoms with E-state index in [2.05, 4.69) is 10.5 Å². The number of aryl methyl sites for hydroxylation is 1. The predicted octanol–water partition coefficient (Wildman–Crippen LogP) is 2.57. The molecule has 96 valence electrons. The zero-order valence-electron chi connectivity index (χ0n) is 10.4. The van der Waals surface area contributed by atoms with Gasteiger partial charge in [0.05, 0.1) is 0 Å². The maximum absolute atomic E-state index is 10.6. The number of benzene rings is 1. The minimum absolute atomic E-state index is 0.146. The Bertz CT molecular complexity index is 484. The van der Waals surface area contributed by atoms with E-state index in [9.17, 15) is 4.79 Å². The molecular weight excluding hydrogens is 248 g/mol. The summed E-state index contributed by atoms with van der Waals surface area (Å²) in [6.45, 7) is 4.02. The van der Waals surface area contributed by atoms with Gasteiger partial charge in [-0.05, 0) is 20.3 Å². The van der Waals surface area contributed by atoms with Crippen molar-refractivity contribution in [2.45, 2.75) is 31.6 Å². The molecule has 0 saturated heterocycles. The second-order valence-corrected chi connectivity index (χ2v) is 6.11. The van der Waals surface area contributed by atoms with E-state index in [0.29, 0.717) is 6.42 Å². The van der Waals surface area contributed by atoms with Crippen LogP contribution in [0.1, 0.15) is 30.9 Å². The fraction of sp³-hybridized carbons (Fsp3) is 0.385. The lowest BCUT2D eigenvalue weighted by molar-refractivity contribution is -0.137. The van der Waals surface area contributed by atoms with Gasteiger partial charge in [-0.3, -0.25) is 10.2 Å². The number of hydrazone groups is 1. The van der Waals surface area contributed by atoms with Crippen molar-refractivity contribution in [2.75, 3.05) is 0 Å². The Balaban J connectivity index is 2.02. The largest absolute Gasteiger partial charge is 0.481 e. The van der Waals surface area contributed by atoms with Crippen LogP contribution in [-0.4, -0.2) is 21.0 Å². The van der Waals surface area contributed by atoms with Crippen LogP contribution in [0.2, 0.25) is 0 Å². The van der Waals surface area contributed by atoms with Crippen molar-refractivity contribution in [2.24, 2.45) is 5.10 Å². The molecule has 2 rings (SSSR count). The number of rotatable bonds is 4. The molecule has 0 amide bonds. The highest BCUT2D eigenvalue weighted by atomic mass is 32.2. The summed E-state index contributed by atoms with van der Waals surface area (Å²) in [5, 5.41) is 14.0. The highest BCUT2D eigenvalue weighted by Crippen LogP contribution is 2.35. The molecule has 0 fully saturated rings. The third-order valence-corrected chi connectivity index (χ3v) is 4.10. The maximum Gasteiger partial charge on any atom is 0.303 e. The van der Waals surface area contributed by atoms with Gasteiger partial charge < -0.3 is 5.11 Å². The standard InChI is InChI=1S/C13H16N2O2S/c1-9-3-5-10(6-4-9)12-14-15-13(2,18-12)8-7-11(16)17/h3-6,15H,7-8H2,1-2H3,(H,16,17). The highest BCUT2D eigenvalue weighted by Gasteiger charge is 2.32. The third-order valence-electron chi connectivity index (χ3n) is 2.83. The van der Waals surface area contributed by atoms with E-state index in [4.69, 9.17) is 5.11 Å². The summed E-state index contributed by atoms with van der Waals surface area (Å²) < 4.78 is 0. The van der Waals surface area contributed by atoms with Crippen molar-refractivity contribution >= 4 is 22.8 Å². The van der Waals surface area contributed by atoms with Crippen molar-refractivity contribution < 1.29 is 9.90 Å². The fourth-order valence-corrected chi connectivity index (χ4v) is 2.77. The summed E-state index contributed by atoms with van der Waals surface area (Å²) in [7, 11) is 0. The van der Waals surface area contributed by atoms with Crippen LogP contribution in [0, 0.1) is 6.92 Å². The van der Waals surface area contributed by atoms with Crippen molar-refractivity contribution in [1.29, 1.82) is 0 Å². The Morgan fingerprint density at radius 2 is 2.11 bits per heavy atom. The van der Waals surface area contributed by atoms with E-state index in [1.807, 2.05) is 38.1 Å². The van der Waals surface area contributed by atoms with Gasteiger partial charge in [-0.1, -0.05) is 41.6 Å². The Morgan fingerprint density at radius 1 is 1.44 bits per heavy atom. The molecule has 0 radical (unpaired) electrons. The summed E-state index contributed by atoms with van der Waals surface area (Å²) in [5.41, 5.74) is 5.32. The van der Waals surface area contributed by atoms with Crippen LogP contribution in [0.3, 0.4) is 0 Å². The smallest absolute Gasteiger partial charge is 0.303 e. The van der Waals surface area contributed by atoms with Crippen LogP contribution in [0.4, 0.5) is 0 Å². The Hall–Kier alpha value is -1.49. The van der Waals surface area contributed by atoms with Crippen LogP contribution >= 0.6 is 11.8 Å². The predicted molar refractivity (Wildman–Crippen MR) is 73.7 cm³/mol. The second-order valence-electron chi connectivity index (χ2n) is 4.62. The monoisotopic (exact) mass is 264 g/mol. The number of hydrogen-bond acceptors (Lipinski definition) is 4. The molecule has 4 nitrogen and oxygen atoms in total. The average Bonchev–Trinajstić information content (AvgIpc) is 2.71. The minimum Gasteiger partial charge on any atom is -0.481 e. The number of hydrogen-bond donors (Lipinski definition) is 2. The fourth-order valence-electron chi connectivity index (χ4n) is 1.70. The van der Waals surface area contributed by atoms with Gasteiger partial charge in [0.25, 0.3) is 0 Å². The van der Waals surface area contributed by atoms with Gasteiger partial charge >= 0.3 is 5.97 Å². The number of carboxylic acids is 1. The minimum atomic E-state index is -0.776. The summed E-state index contributed by atoms with van der Waals surface area (Å²) in [6.07, 6.45) is 0.694. The van der Waals surface area contributed by atoms with Gasteiger partial charge in [0, 0.05) is 12.0 Å². The van der Waals surface area contributed by atoms with Gasteiger partial charge in [0.15, 0.2) is 0 Å². The zero-order valence-corrected chi connectivity index (χ0v) is 11.3. The first-order valence-corrected chi connectivity index (χ1v) is 6.63. The van der Waals surface area contributed by atoms with Crippen LogP contribution in [-0.2, 0) is 4.79 Å². The number of carbonyl (C=O) groups is 1. The molecule has 1 heterocycles.